The molecule has 10 nitrogen and oxygen atoms in total. The molecule has 2 unspecified atom stereocenters. The van der Waals surface area contributed by atoms with Crippen LogP contribution in [0.25, 0.3) is 0 Å². The molecule has 2 aromatic rings. The molecule has 0 radical (unpaired) electrons. The van der Waals surface area contributed by atoms with Crippen molar-refractivity contribution in [2.75, 3.05) is 20.7 Å². The van der Waals surface area contributed by atoms with E-state index in [2.05, 4.69) is 15.4 Å². The van der Waals surface area contributed by atoms with Gasteiger partial charge in [-0.05, 0) is 32.4 Å². The summed E-state index contributed by atoms with van der Waals surface area (Å²) in [6.07, 6.45) is -0.667. The van der Waals surface area contributed by atoms with Crippen LogP contribution in [0.5, 0.6) is 5.75 Å². The van der Waals surface area contributed by atoms with Crippen LogP contribution in [0, 0.1) is 0 Å². The molecular formula is C26H33N3O7. The molecule has 2 rings (SSSR count). The Labute approximate surface area is 210 Å². The number of hydrogen-bond donors (Lipinski definition) is 3. The van der Waals surface area contributed by atoms with E-state index in [-0.39, 0.29) is 17.7 Å². The Balaban J connectivity index is 2.39. The van der Waals surface area contributed by atoms with E-state index < -0.39 is 48.1 Å². The first-order chi connectivity index (χ1) is 16.9. The zero-order valence-corrected chi connectivity index (χ0v) is 21.1. The summed E-state index contributed by atoms with van der Waals surface area (Å²) in [6, 6.07) is 12.7. The second-order valence-corrected chi connectivity index (χ2v) is 9.09. The zero-order valence-electron chi connectivity index (χ0n) is 21.1. The molecule has 0 fully saturated rings. The number of phenolic OH excluding ortho intramolecular Hbond substituents is 1. The molecular weight excluding hydrogens is 466 g/mol. The largest absolute Gasteiger partial charge is 0.508 e. The van der Waals surface area contributed by atoms with Gasteiger partial charge in [-0.25, -0.2) is 4.79 Å². The fourth-order valence-corrected chi connectivity index (χ4v) is 3.45. The van der Waals surface area contributed by atoms with Crippen molar-refractivity contribution in [2.24, 2.45) is 0 Å². The molecule has 0 bridgehead atoms. The summed E-state index contributed by atoms with van der Waals surface area (Å²) in [6.45, 7) is 4.68. The van der Waals surface area contributed by atoms with Crippen molar-refractivity contribution in [2.45, 2.75) is 44.9 Å². The number of alkyl carbamates (subject to hydrolysis) is 1. The van der Waals surface area contributed by atoms with Crippen LogP contribution < -0.4 is 10.6 Å². The minimum Gasteiger partial charge on any atom is -0.508 e. The predicted molar refractivity (Wildman–Crippen MR) is 132 cm³/mol. The smallest absolute Gasteiger partial charge is 0.408 e. The van der Waals surface area contributed by atoms with Gasteiger partial charge in [0, 0.05) is 19.0 Å². The highest BCUT2D eigenvalue weighted by Crippen LogP contribution is 2.29. The fourth-order valence-electron chi connectivity index (χ4n) is 3.45. The number of nitrogens with zero attached hydrogens (tertiary/aromatic N) is 1. The highest BCUT2D eigenvalue weighted by atomic mass is 16.6. The van der Waals surface area contributed by atoms with Crippen LogP contribution in [-0.2, 0) is 30.3 Å². The van der Waals surface area contributed by atoms with Crippen LogP contribution in [-0.4, -0.2) is 66.2 Å². The number of hydrogen-bond acceptors (Lipinski definition) is 7. The van der Waals surface area contributed by atoms with E-state index in [1.807, 2.05) is 6.07 Å². The average Bonchev–Trinajstić information content (AvgIpc) is 2.82. The first-order valence-corrected chi connectivity index (χ1v) is 11.4. The highest BCUT2D eigenvalue weighted by Gasteiger charge is 2.35. The number of benzene rings is 2. The van der Waals surface area contributed by atoms with E-state index in [0.717, 1.165) is 10.5 Å². The molecule has 0 aliphatic heterocycles. The normalized spacial score (nSPS) is 12.6. The first-order valence-electron chi connectivity index (χ1n) is 11.4. The van der Waals surface area contributed by atoms with Crippen molar-refractivity contribution in [3.05, 3.63) is 65.7 Å². The van der Waals surface area contributed by atoms with Crippen molar-refractivity contribution in [1.29, 1.82) is 0 Å². The predicted octanol–water partition coefficient (Wildman–Crippen LogP) is 2.32. The number of likely N-dealkylation sites (N-methyl/N-ethyl adjacent to an activating group) is 1. The van der Waals surface area contributed by atoms with Gasteiger partial charge >= 0.3 is 12.1 Å². The van der Waals surface area contributed by atoms with Gasteiger partial charge < -0.3 is 30.1 Å². The highest BCUT2D eigenvalue weighted by molar-refractivity contribution is 5.93. The quantitative estimate of drug-likeness (QED) is 0.451. The van der Waals surface area contributed by atoms with Crippen LogP contribution in [0.3, 0.4) is 0 Å². The van der Waals surface area contributed by atoms with E-state index in [0.29, 0.717) is 0 Å². The van der Waals surface area contributed by atoms with Gasteiger partial charge in [-0.2, -0.15) is 0 Å². The lowest BCUT2D eigenvalue weighted by molar-refractivity contribution is -0.143. The van der Waals surface area contributed by atoms with Crippen molar-refractivity contribution < 1.29 is 33.8 Å². The second-order valence-electron chi connectivity index (χ2n) is 9.09. The summed E-state index contributed by atoms with van der Waals surface area (Å²) >= 11 is 0. The lowest BCUT2D eigenvalue weighted by Gasteiger charge is -2.32. The molecule has 194 valence electrons. The molecule has 0 saturated heterocycles. The number of nitrogens with one attached hydrogen (secondary N) is 2. The van der Waals surface area contributed by atoms with E-state index in [1.54, 1.807) is 57.2 Å². The van der Waals surface area contributed by atoms with Gasteiger partial charge in [-0.3, -0.25) is 14.4 Å². The van der Waals surface area contributed by atoms with Crippen molar-refractivity contribution in [3.63, 3.8) is 0 Å². The standard InChI is InChI=1S/C26H33N3O7/c1-26(2,3)36-25(34)28-19(15-17-11-7-6-8-12-17)24(33)29(4)22(18-13-9-10-14-20(18)30)23(32)27-16-21(31)35-5/h6-14,19,22,30H,15-16H2,1-5H3,(H,27,32)(H,28,34). The van der Waals surface area contributed by atoms with Crippen LogP contribution in [0.1, 0.15) is 37.9 Å². The number of carbonyl (C=O) groups excluding carboxylic acids is 4. The number of ether oxygens (including phenoxy) is 2. The molecule has 0 saturated carbocycles. The molecule has 10 heteroatoms. The SMILES string of the molecule is COC(=O)CNC(=O)C(c1ccccc1O)N(C)C(=O)C(Cc1ccccc1)NC(=O)OC(C)(C)C. The molecule has 3 N–H and O–H groups in total. The Bertz CT molecular complexity index is 1070. The van der Waals surface area contributed by atoms with Gasteiger partial charge in [0.15, 0.2) is 0 Å². The Morgan fingerprint density at radius 1 is 1.00 bits per heavy atom. The molecule has 3 amide bonds. The topological polar surface area (TPSA) is 134 Å². The minimum absolute atomic E-state index is 0.126. The number of aromatic hydroxyl groups is 1. The van der Waals surface area contributed by atoms with Gasteiger partial charge in [0.25, 0.3) is 0 Å². The zero-order chi connectivity index (χ0) is 26.9. The maximum Gasteiger partial charge on any atom is 0.408 e. The number of para-hydroxylation sites is 1. The van der Waals surface area contributed by atoms with Gasteiger partial charge in [0.2, 0.25) is 11.8 Å². The van der Waals surface area contributed by atoms with Crippen LogP contribution >= 0.6 is 0 Å². The lowest BCUT2D eigenvalue weighted by atomic mass is 10.0. The van der Waals surface area contributed by atoms with E-state index in [1.165, 1.54) is 26.3 Å². The van der Waals surface area contributed by atoms with Crippen LogP contribution in [0.4, 0.5) is 4.79 Å². The number of rotatable bonds is 9. The third-order valence-corrected chi connectivity index (χ3v) is 5.12. The Kier molecular flexibility index (Phi) is 9.83. The summed E-state index contributed by atoms with van der Waals surface area (Å²) in [5.74, 6) is -2.21. The Hall–Kier alpha value is -4.08. The average molecular weight is 500 g/mol. The van der Waals surface area contributed by atoms with Gasteiger partial charge in [0.1, 0.15) is 30.0 Å². The van der Waals surface area contributed by atoms with Gasteiger partial charge in [-0.1, -0.05) is 48.5 Å². The van der Waals surface area contributed by atoms with Crippen molar-refractivity contribution in [3.8, 4) is 5.75 Å². The molecule has 0 aromatic heterocycles. The minimum atomic E-state index is -1.30. The first kappa shape index (κ1) is 28.2. The van der Waals surface area contributed by atoms with Gasteiger partial charge in [-0.15, -0.1) is 0 Å². The molecule has 0 aliphatic rings. The van der Waals surface area contributed by atoms with Crippen molar-refractivity contribution >= 4 is 23.9 Å². The monoisotopic (exact) mass is 499 g/mol. The number of phenols is 1. The van der Waals surface area contributed by atoms with Gasteiger partial charge in [0.05, 0.1) is 7.11 Å². The molecule has 0 spiro atoms. The number of esters is 1. The maximum absolute atomic E-state index is 13.7. The van der Waals surface area contributed by atoms with Crippen LogP contribution in [0.2, 0.25) is 0 Å². The Morgan fingerprint density at radius 3 is 2.19 bits per heavy atom. The lowest BCUT2D eigenvalue weighted by Crippen LogP contribution is -2.52. The third-order valence-electron chi connectivity index (χ3n) is 5.12. The number of amides is 3. The third kappa shape index (κ3) is 8.30. The van der Waals surface area contributed by atoms with E-state index >= 15 is 0 Å². The second kappa shape index (κ2) is 12.6. The van der Waals surface area contributed by atoms with E-state index in [9.17, 15) is 24.3 Å². The summed E-state index contributed by atoms with van der Waals surface area (Å²) in [7, 11) is 2.56. The van der Waals surface area contributed by atoms with Crippen molar-refractivity contribution in [1.82, 2.24) is 15.5 Å². The number of methoxy groups -OCH3 is 1. The van der Waals surface area contributed by atoms with E-state index in [4.69, 9.17) is 4.74 Å². The summed E-state index contributed by atoms with van der Waals surface area (Å²) < 4.78 is 9.89. The molecule has 0 heterocycles. The Morgan fingerprint density at radius 2 is 1.61 bits per heavy atom. The molecule has 36 heavy (non-hydrogen) atoms. The molecule has 0 aliphatic carbocycles. The fraction of sp³-hybridized carbons (Fsp3) is 0.385. The summed E-state index contributed by atoms with van der Waals surface area (Å²) in [5.41, 5.74) is 0.128. The molecule has 2 atom stereocenters. The summed E-state index contributed by atoms with van der Waals surface area (Å²) in [5, 5.41) is 15.5. The number of carbonyl (C=O) groups is 4. The summed E-state index contributed by atoms with van der Waals surface area (Å²) in [4.78, 5) is 52.0. The van der Waals surface area contributed by atoms with Crippen LogP contribution in [0.15, 0.2) is 54.6 Å². The maximum atomic E-state index is 13.7. The molecule has 2 aromatic carbocycles.